The van der Waals surface area contributed by atoms with Crippen LogP contribution >= 0.6 is 0 Å². The second kappa shape index (κ2) is 6.59. The molecule has 126 valence electrons. The van der Waals surface area contributed by atoms with Gasteiger partial charge in [-0.3, -0.25) is 4.79 Å². The summed E-state index contributed by atoms with van der Waals surface area (Å²) in [6.07, 6.45) is 1.23. The van der Waals surface area contributed by atoms with E-state index in [-0.39, 0.29) is 5.92 Å². The number of nitrogens with one attached hydrogen (secondary N) is 1. The maximum Gasteiger partial charge on any atom is 0.249 e. The fourth-order valence-electron chi connectivity index (χ4n) is 4.05. The van der Waals surface area contributed by atoms with E-state index in [2.05, 4.69) is 5.32 Å². The lowest BCUT2D eigenvalue weighted by Crippen LogP contribution is -2.58. The molecular weight excluding hydrogens is 294 g/mol. The van der Waals surface area contributed by atoms with Crippen LogP contribution in [0.1, 0.15) is 37.7 Å². The summed E-state index contributed by atoms with van der Waals surface area (Å²) < 4.78 is 0. The highest BCUT2D eigenvalue weighted by Crippen LogP contribution is 2.47. The lowest BCUT2D eigenvalue weighted by Gasteiger charge is -2.35. The molecule has 0 spiro atoms. The molecule has 2 aliphatic rings. The van der Waals surface area contributed by atoms with Gasteiger partial charge in [0.1, 0.15) is 12.2 Å². The van der Waals surface area contributed by atoms with Gasteiger partial charge in [-0.15, -0.1) is 0 Å². The molecule has 1 amide bonds. The summed E-state index contributed by atoms with van der Waals surface area (Å²) in [7, 11) is 0. The van der Waals surface area contributed by atoms with E-state index in [1.807, 2.05) is 30.3 Å². The maximum absolute atomic E-state index is 12.2. The van der Waals surface area contributed by atoms with Crippen molar-refractivity contribution < 1.29 is 20.1 Å². The van der Waals surface area contributed by atoms with E-state index in [0.717, 1.165) is 19.3 Å². The number of benzene rings is 1. The van der Waals surface area contributed by atoms with Gasteiger partial charge in [-0.1, -0.05) is 30.3 Å². The van der Waals surface area contributed by atoms with E-state index >= 15 is 0 Å². The van der Waals surface area contributed by atoms with E-state index < -0.39 is 29.8 Å². The van der Waals surface area contributed by atoms with Gasteiger partial charge in [-0.05, 0) is 50.0 Å². The quantitative estimate of drug-likeness (QED) is 0.623. The lowest BCUT2D eigenvalue weighted by molar-refractivity contribution is -0.134. The van der Waals surface area contributed by atoms with Gasteiger partial charge in [0.2, 0.25) is 5.91 Å². The van der Waals surface area contributed by atoms with E-state index in [1.165, 1.54) is 5.56 Å². The zero-order valence-corrected chi connectivity index (χ0v) is 13.2. The standard InChI is InChI=1S/C18H25NO4/c20-14(8-4-7-12-5-2-1-3-6-12)17(23)19-18-10-9-13(11-18)15(21)16(18)22/h1-3,5-6,13-16,20-22H,4,7-11H2,(H,19,23)/t13?,14?,15-,16-,18?/m0/s1. The average Bonchev–Trinajstić information content (AvgIpc) is 3.07. The van der Waals surface area contributed by atoms with Crippen LogP contribution in [0.5, 0.6) is 0 Å². The molecule has 5 heteroatoms. The summed E-state index contributed by atoms with van der Waals surface area (Å²) in [6.45, 7) is 0. The Hall–Kier alpha value is -1.43. The van der Waals surface area contributed by atoms with E-state index in [4.69, 9.17) is 0 Å². The molecule has 3 rings (SSSR count). The van der Waals surface area contributed by atoms with Crippen molar-refractivity contribution in [1.82, 2.24) is 5.32 Å². The molecule has 2 bridgehead atoms. The van der Waals surface area contributed by atoms with Crippen LogP contribution < -0.4 is 5.32 Å². The smallest absolute Gasteiger partial charge is 0.249 e. The van der Waals surface area contributed by atoms with E-state index in [1.54, 1.807) is 0 Å². The molecule has 0 saturated heterocycles. The van der Waals surface area contributed by atoms with Crippen LogP contribution in [0.2, 0.25) is 0 Å². The summed E-state index contributed by atoms with van der Waals surface area (Å²) in [4.78, 5) is 12.2. The Bertz CT molecular complexity index is 549. The highest BCUT2D eigenvalue weighted by Gasteiger charge is 2.58. The monoisotopic (exact) mass is 319 g/mol. The average molecular weight is 319 g/mol. The summed E-state index contributed by atoms with van der Waals surface area (Å²) in [5, 5.41) is 32.9. The number of carbonyl (C=O) groups excluding carboxylic acids is 1. The molecule has 23 heavy (non-hydrogen) atoms. The molecule has 2 aliphatic carbocycles. The molecule has 3 unspecified atom stereocenters. The molecule has 5 nitrogen and oxygen atoms in total. The van der Waals surface area contributed by atoms with E-state index in [0.29, 0.717) is 19.3 Å². The van der Waals surface area contributed by atoms with Crippen LogP contribution in [-0.2, 0) is 11.2 Å². The van der Waals surface area contributed by atoms with Crippen LogP contribution in [0.25, 0.3) is 0 Å². The zero-order chi connectivity index (χ0) is 16.4. The third-order valence-electron chi connectivity index (χ3n) is 5.42. The van der Waals surface area contributed by atoms with Crippen LogP contribution in [0.4, 0.5) is 0 Å². The summed E-state index contributed by atoms with van der Waals surface area (Å²) >= 11 is 0. The zero-order valence-electron chi connectivity index (χ0n) is 13.2. The van der Waals surface area contributed by atoms with Gasteiger partial charge >= 0.3 is 0 Å². The molecule has 0 aromatic heterocycles. The predicted octanol–water partition coefficient (Wildman–Crippen LogP) is 0.761. The van der Waals surface area contributed by atoms with Gasteiger partial charge < -0.3 is 20.6 Å². The normalized spacial score (nSPS) is 33.6. The van der Waals surface area contributed by atoms with Crippen molar-refractivity contribution >= 4 is 5.91 Å². The molecule has 4 N–H and O–H groups in total. The van der Waals surface area contributed by atoms with Gasteiger partial charge in [0.05, 0.1) is 11.6 Å². The Kier molecular flexibility index (Phi) is 4.71. The molecule has 0 aliphatic heterocycles. The minimum absolute atomic E-state index is 0.0560. The second-order valence-electron chi connectivity index (χ2n) is 6.98. The number of aryl methyl sites for hydroxylation is 1. The van der Waals surface area contributed by atoms with Gasteiger partial charge in [-0.2, -0.15) is 0 Å². The van der Waals surface area contributed by atoms with Gasteiger partial charge in [0, 0.05) is 0 Å². The maximum atomic E-state index is 12.2. The Morgan fingerprint density at radius 2 is 2.04 bits per heavy atom. The van der Waals surface area contributed by atoms with Crippen molar-refractivity contribution in [3.63, 3.8) is 0 Å². The Balaban J connectivity index is 1.48. The first-order valence-corrected chi connectivity index (χ1v) is 8.42. The van der Waals surface area contributed by atoms with E-state index in [9.17, 15) is 20.1 Å². The predicted molar refractivity (Wildman–Crippen MR) is 85.6 cm³/mol. The van der Waals surface area contributed by atoms with Crippen LogP contribution in [0.3, 0.4) is 0 Å². The van der Waals surface area contributed by atoms with Gasteiger partial charge in [0.15, 0.2) is 0 Å². The number of rotatable bonds is 6. The molecule has 1 aromatic rings. The Morgan fingerprint density at radius 1 is 1.30 bits per heavy atom. The van der Waals surface area contributed by atoms with Crippen LogP contribution in [0, 0.1) is 5.92 Å². The summed E-state index contributed by atoms with van der Waals surface area (Å²) in [5.74, 6) is -0.382. The number of aliphatic hydroxyl groups is 3. The van der Waals surface area contributed by atoms with Crippen molar-refractivity contribution in [2.24, 2.45) is 5.92 Å². The molecule has 5 atom stereocenters. The number of hydrogen-bond acceptors (Lipinski definition) is 4. The van der Waals surface area contributed by atoms with Crippen molar-refractivity contribution in [2.75, 3.05) is 0 Å². The SMILES string of the molecule is O=C(NC12CCC(C1)[C@H](O)[C@@H]2O)C(O)CCCc1ccccc1. The summed E-state index contributed by atoms with van der Waals surface area (Å²) in [5.41, 5.74) is 0.438. The topological polar surface area (TPSA) is 89.8 Å². The first-order chi connectivity index (χ1) is 11.0. The summed E-state index contributed by atoms with van der Waals surface area (Å²) in [6, 6.07) is 9.96. The third-order valence-corrected chi connectivity index (χ3v) is 5.42. The molecule has 1 aromatic carbocycles. The fourth-order valence-corrected chi connectivity index (χ4v) is 4.05. The highest BCUT2D eigenvalue weighted by molar-refractivity contribution is 5.81. The van der Waals surface area contributed by atoms with Crippen molar-refractivity contribution in [1.29, 1.82) is 0 Å². The minimum Gasteiger partial charge on any atom is -0.390 e. The number of aliphatic hydroxyl groups excluding tert-OH is 3. The number of hydrogen-bond donors (Lipinski definition) is 4. The molecule has 2 fully saturated rings. The number of carbonyl (C=O) groups is 1. The van der Waals surface area contributed by atoms with Gasteiger partial charge in [0.25, 0.3) is 0 Å². The van der Waals surface area contributed by atoms with Crippen LogP contribution in [-0.4, -0.2) is 45.1 Å². The first-order valence-electron chi connectivity index (χ1n) is 8.42. The number of amides is 1. The highest BCUT2D eigenvalue weighted by atomic mass is 16.3. The Labute approximate surface area is 136 Å². The third kappa shape index (κ3) is 3.27. The molecule has 0 heterocycles. The lowest BCUT2D eigenvalue weighted by atomic mass is 9.88. The molecule has 2 saturated carbocycles. The largest absolute Gasteiger partial charge is 0.390 e. The second-order valence-corrected chi connectivity index (χ2v) is 6.98. The van der Waals surface area contributed by atoms with Crippen LogP contribution in [0.15, 0.2) is 30.3 Å². The molecular formula is C18H25NO4. The van der Waals surface area contributed by atoms with Crippen molar-refractivity contribution in [3.05, 3.63) is 35.9 Å². The molecule has 0 radical (unpaired) electrons. The minimum atomic E-state index is -1.07. The first kappa shape index (κ1) is 16.4. The Morgan fingerprint density at radius 3 is 2.70 bits per heavy atom. The van der Waals surface area contributed by atoms with Gasteiger partial charge in [-0.25, -0.2) is 0 Å². The number of fused-ring (bicyclic) bond motifs is 2. The van der Waals surface area contributed by atoms with Crippen molar-refractivity contribution in [3.8, 4) is 0 Å². The fraction of sp³-hybridized carbons (Fsp3) is 0.611. The van der Waals surface area contributed by atoms with Crippen molar-refractivity contribution in [2.45, 2.75) is 62.4 Å².